The molecule has 3 rings (SSSR count). The zero-order valence-electron chi connectivity index (χ0n) is 16.6. The van der Waals surface area contributed by atoms with E-state index in [1.807, 2.05) is 44.2 Å². The maximum atomic E-state index is 13.0. The van der Waals surface area contributed by atoms with E-state index < -0.39 is 11.7 Å². The number of nitrogens with one attached hydrogen (secondary N) is 2. The molecule has 1 atom stereocenters. The van der Waals surface area contributed by atoms with E-state index in [-0.39, 0.29) is 30.2 Å². The molecule has 0 saturated carbocycles. The van der Waals surface area contributed by atoms with Gasteiger partial charge in [-0.15, -0.1) is 0 Å². The highest BCUT2D eigenvalue weighted by Crippen LogP contribution is 2.32. The summed E-state index contributed by atoms with van der Waals surface area (Å²) in [6.45, 7) is 3.81. The van der Waals surface area contributed by atoms with Gasteiger partial charge in [-0.05, 0) is 24.1 Å². The molecule has 0 amide bonds. The van der Waals surface area contributed by atoms with Crippen LogP contribution in [0.4, 0.5) is 30.6 Å². The topological polar surface area (TPSA) is 70.1 Å². The van der Waals surface area contributed by atoms with E-state index in [4.69, 9.17) is 0 Å². The predicted molar refractivity (Wildman–Crippen MR) is 112 cm³/mol. The lowest BCUT2D eigenvalue weighted by Crippen LogP contribution is -2.30. The van der Waals surface area contributed by atoms with Gasteiger partial charge in [-0.2, -0.15) is 18.2 Å². The first-order valence-corrected chi connectivity index (χ1v) is 9.52. The molecule has 3 aromatic rings. The zero-order valence-corrected chi connectivity index (χ0v) is 16.6. The highest BCUT2D eigenvalue weighted by Gasteiger charge is 2.30. The Morgan fingerprint density at radius 3 is 2.33 bits per heavy atom. The van der Waals surface area contributed by atoms with Gasteiger partial charge in [0.15, 0.2) is 0 Å². The van der Waals surface area contributed by atoms with Crippen molar-refractivity contribution in [3.05, 3.63) is 66.2 Å². The van der Waals surface area contributed by atoms with Crippen LogP contribution in [0.1, 0.15) is 19.4 Å². The molecule has 0 bridgehead atoms. The Bertz CT molecular complexity index is 978. The fourth-order valence-corrected chi connectivity index (χ4v) is 2.84. The summed E-state index contributed by atoms with van der Waals surface area (Å²) in [4.78, 5) is 8.91. The summed E-state index contributed by atoms with van der Waals surface area (Å²) in [5.41, 5.74) is 0.947. The second-order valence-electron chi connectivity index (χ2n) is 7.21. The molecule has 30 heavy (non-hydrogen) atoms. The van der Waals surface area contributed by atoms with Gasteiger partial charge in [-0.3, -0.25) is 0 Å². The minimum absolute atomic E-state index is 0.104. The SMILES string of the molecule is CC(C)[C@H](CO)Nc1nc(Nc2cccc(C(F)(F)F)c2)cc(-c2ccccc2)n1. The largest absolute Gasteiger partial charge is 0.416 e. The minimum Gasteiger partial charge on any atom is -0.394 e. The van der Waals surface area contributed by atoms with Gasteiger partial charge < -0.3 is 15.7 Å². The second-order valence-corrected chi connectivity index (χ2v) is 7.21. The Morgan fingerprint density at radius 1 is 0.967 bits per heavy atom. The van der Waals surface area contributed by atoms with Crippen LogP contribution in [0.2, 0.25) is 0 Å². The number of rotatable bonds is 7. The van der Waals surface area contributed by atoms with Crippen molar-refractivity contribution < 1.29 is 18.3 Å². The molecular weight excluding hydrogens is 393 g/mol. The number of benzene rings is 2. The number of anilines is 3. The Morgan fingerprint density at radius 2 is 1.70 bits per heavy atom. The number of nitrogens with zero attached hydrogens (tertiary/aromatic N) is 2. The quantitative estimate of drug-likeness (QED) is 0.485. The summed E-state index contributed by atoms with van der Waals surface area (Å²) in [5.74, 6) is 0.739. The number of hydrogen-bond acceptors (Lipinski definition) is 5. The fourth-order valence-electron chi connectivity index (χ4n) is 2.84. The van der Waals surface area contributed by atoms with Gasteiger partial charge in [0.05, 0.1) is 23.9 Å². The van der Waals surface area contributed by atoms with E-state index in [2.05, 4.69) is 20.6 Å². The highest BCUT2D eigenvalue weighted by atomic mass is 19.4. The summed E-state index contributed by atoms with van der Waals surface area (Å²) >= 11 is 0. The monoisotopic (exact) mass is 416 g/mol. The van der Waals surface area contributed by atoms with Gasteiger partial charge >= 0.3 is 6.18 Å². The smallest absolute Gasteiger partial charge is 0.394 e. The summed E-state index contributed by atoms with van der Waals surface area (Å²) < 4.78 is 39.1. The van der Waals surface area contributed by atoms with Crippen molar-refractivity contribution in [3.8, 4) is 11.3 Å². The molecule has 0 aliphatic carbocycles. The van der Waals surface area contributed by atoms with Crippen molar-refractivity contribution in [1.82, 2.24) is 9.97 Å². The maximum Gasteiger partial charge on any atom is 0.416 e. The van der Waals surface area contributed by atoms with E-state index in [0.717, 1.165) is 17.7 Å². The molecule has 0 radical (unpaired) electrons. The van der Waals surface area contributed by atoms with Crippen LogP contribution in [0.3, 0.4) is 0 Å². The van der Waals surface area contributed by atoms with Crippen LogP contribution in [0, 0.1) is 5.92 Å². The molecule has 2 aromatic carbocycles. The molecule has 5 nitrogen and oxygen atoms in total. The molecule has 1 heterocycles. The van der Waals surface area contributed by atoms with Crippen LogP contribution in [0.5, 0.6) is 0 Å². The molecule has 1 aromatic heterocycles. The lowest BCUT2D eigenvalue weighted by atomic mass is 10.1. The molecule has 158 valence electrons. The summed E-state index contributed by atoms with van der Waals surface area (Å²) in [6, 6.07) is 15.7. The summed E-state index contributed by atoms with van der Waals surface area (Å²) in [7, 11) is 0. The first-order chi connectivity index (χ1) is 14.3. The molecule has 0 spiro atoms. The van der Waals surface area contributed by atoms with Crippen LogP contribution in [-0.2, 0) is 6.18 Å². The Kier molecular flexibility index (Phi) is 6.56. The van der Waals surface area contributed by atoms with Crippen LogP contribution >= 0.6 is 0 Å². The van der Waals surface area contributed by atoms with Crippen molar-refractivity contribution in [2.24, 2.45) is 5.92 Å². The second kappa shape index (κ2) is 9.13. The minimum atomic E-state index is -4.43. The Hall–Kier alpha value is -3.13. The average Bonchev–Trinajstić information content (AvgIpc) is 2.72. The summed E-state index contributed by atoms with van der Waals surface area (Å²) in [6.07, 6.45) is -4.43. The molecule has 3 N–H and O–H groups in total. The van der Waals surface area contributed by atoms with Crippen LogP contribution < -0.4 is 10.6 Å². The summed E-state index contributed by atoms with van der Waals surface area (Å²) in [5, 5.41) is 15.7. The standard InChI is InChI=1S/C22H23F3N4O/c1-14(2)19(13-30)28-21-27-18(15-7-4-3-5-8-15)12-20(29-21)26-17-10-6-9-16(11-17)22(23,24)25/h3-12,14,19,30H,13H2,1-2H3,(H2,26,27,28,29)/t19-/m0/s1. The van der Waals surface area contributed by atoms with Gasteiger partial charge in [0, 0.05) is 17.3 Å². The van der Waals surface area contributed by atoms with Gasteiger partial charge in [-0.1, -0.05) is 50.2 Å². The highest BCUT2D eigenvalue weighted by molar-refractivity contribution is 5.67. The van der Waals surface area contributed by atoms with Crippen LogP contribution in [-0.4, -0.2) is 27.7 Å². The fraction of sp³-hybridized carbons (Fsp3) is 0.273. The van der Waals surface area contributed by atoms with Gasteiger partial charge in [-0.25, -0.2) is 4.98 Å². The van der Waals surface area contributed by atoms with E-state index in [9.17, 15) is 18.3 Å². The van der Waals surface area contributed by atoms with Crippen molar-refractivity contribution in [2.75, 3.05) is 17.2 Å². The first kappa shape index (κ1) is 21.6. The third kappa shape index (κ3) is 5.48. The number of aromatic nitrogens is 2. The van der Waals surface area contributed by atoms with Crippen LogP contribution in [0.15, 0.2) is 60.7 Å². The van der Waals surface area contributed by atoms with Gasteiger partial charge in [0.2, 0.25) is 5.95 Å². The van der Waals surface area contributed by atoms with Crippen molar-refractivity contribution in [1.29, 1.82) is 0 Å². The van der Waals surface area contributed by atoms with E-state index in [1.165, 1.54) is 12.1 Å². The lowest BCUT2D eigenvalue weighted by Gasteiger charge is -2.21. The lowest BCUT2D eigenvalue weighted by molar-refractivity contribution is -0.137. The van der Waals surface area contributed by atoms with Crippen molar-refractivity contribution in [2.45, 2.75) is 26.1 Å². The number of alkyl halides is 3. The van der Waals surface area contributed by atoms with Crippen LogP contribution in [0.25, 0.3) is 11.3 Å². The number of halogens is 3. The molecule has 0 fully saturated rings. The zero-order chi connectivity index (χ0) is 21.7. The molecule has 0 aliphatic heterocycles. The Labute approximate surface area is 173 Å². The molecular formula is C22H23F3N4O. The molecule has 0 aliphatic rings. The van der Waals surface area contributed by atoms with Gasteiger partial charge in [0.25, 0.3) is 0 Å². The van der Waals surface area contributed by atoms with E-state index in [0.29, 0.717) is 11.5 Å². The van der Waals surface area contributed by atoms with Crippen molar-refractivity contribution >= 4 is 17.5 Å². The molecule has 8 heteroatoms. The maximum absolute atomic E-state index is 13.0. The van der Waals surface area contributed by atoms with E-state index in [1.54, 1.807) is 6.07 Å². The van der Waals surface area contributed by atoms with Gasteiger partial charge in [0.1, 0.15) is 5.82 Å². The van der Waals surface area contributed by atoms with E-state index >= 15 is 0 Å². The third-order valence-corrected chi connectivity index (χ3v) is 4.57. The average molecular weight is 416 g/mol. The predicted octanol–water partition coefficient (Wildman–Crippen LogP) is 5.33. The number of aliphatic hydroxyl groups excluding tert-OH is 1. The Balaban J connectivity index is 1.98. The number of hydrogen-bond donors (Lipinski definition) is 3. The first-order valence-electron chi connectivity index (χ1n) is 9.52. The van der Waals surface area contributed by atoms with Crippen molar-refractivity contribution in [3.63, 3.8) is 0 Å². The molecule has 0 saturated heterocycles. The molecule has 0 unspecified atom stereocenters. The third-order valence-electron chi connectivity index (χ3n) is 4.57. The number of aliphatic hydroxyl groups is 1. The normalized spacial score (nSPS) is 12.6.